The second-order valence-electron chi connectivity index (χ2n) is 10.5. The van der Waals surface area contributed by atoms with Gasteiger partial charge >= 0.3 is 5.97 Å². The van der Waals surface area contributed by atoms with Crippen molar-refractivity contribution in [2.45, 2.75) is 38.0 Å². The van der Waals surface area contributed by atoms with Gasteiger partial charge in [-0.2, -0.15) is 0 Å². The number of esters is 1. The average Bonchev–Trinajstić information content (AvgIpc) is 3.00. The highest BCUT2D eigenvalue weighted by Crippen LogP contribution is 2.48. The zero-order chi connectivity index (χ0) is 29.8. The molecule has 0 bridgehead atoms. The molecule has 1 heterocycles. The van der Waals surface area contributed by atoms with Crippen LogP contribution >= 0.6 is 0 Å². The van der Waals surface area contributed by atoms with Gasteiger partial charge in [0.1, 0.15) is 5.92 Å². The van der Waals surface area contributed by atoms with E-state index >= 15 is 0 Å². The number of carbonyl (C=O) groups excluding carboxylic acids is 2. The zero-order valence-electron chi connectivity index (χ0n) is 24.3. The van der Waals surface area contributed by atoms with Gasteiger partial charge < -0.3 is 24.1 Å². The van der Waals surface area contributed by atoms with Crippen LogP contribution in [0.25, 0.3) is 0 Å². The maximum atomic E-state index is 13.9. The first-order valence-corrected chi connectivity index (χ1v) is 13.9. The summed E-state index contributed by atoms with van der Waals surface area (Å²) in [6.07, 6.45) is 1.34. The van der Waals surface area contributed by atoms with E-state index in [1.807, 2.05) is 48.5 Å². The van der Waals surface area contributed by atoms with E-state index in [0.29, 0.717) is 52.6 Å². The number of ether oxygens (including phenoxy) is 4. The van der Waals surface area contributed by atoms with Gasteiger partial charge in [-0.1, -0.05) is 42.5 Å². The van der Waals surface area contributed by atoms with Crippen LogP contribution in [0.2, 0.25) is 0 Å². The maximum absolute atomic E-state index is 13.9. The summed E-state index contributed by atoms with van der Waals surface area (Å²) in [4.78, 5) is 32.4. The molecule has 2 aliphatic rings. The third-order valence-electron chi connectivity index (χ3n) is 8.06. The van der Waals surface area contributed by atoms with Gasteiger partial charge in [0.25, 0.3) is 0 Å². The molecule has 3 atom stereocenters. The Bertz CT molecular complexity index is 1540. The number of aromatic hydroxyl groups is 1. The molecule has 0 amide bonds. The summed E-state index contributed by atoms with van der Waals surface area (Å²) >= 11 is 0. The highest BCUT2D eigenvalue weighted by Gasteiger charge is 2.45. The Morgan fingerprint density at radius 3 is 2.26 bits per heavy atom. The van der Waals surface area contributed by atoms with Crippen molar-refractivity contribution in [3.63, 3.8) is 0 Å². The van der Waals surface area contributed by atoms with Gasteiger partial charge in [-0.05, 0) is 60.2 Å². The SMILES string of the molecule is COc1ccc(C2C3=C(CC(c4ccc(OC)c(OC)c4)CC3=O)N=C(C)C2C(=O)OCCc2ccccc2)cc1O. The van der Waals surface area contributed by atoms with Gasteiger partial charge in [0, 0.05) is 35.7 Å². The summed E-state index contributed by atoms with van der Waals surface area (Å²) in [6.45, 7) is 2.00. The van der Waals surface area contributed by atoms with Crippen LogP contribution in [0.4, 0.5) is 0 Å². The van der Waals surface area contributed by atoms with Crippen molar-refractivity contribution in [3.05, 3.63) is 94.7 Å². The van der Waals surface area contributed by atoms with Crippen LogP contribution in [0, 0.1) is 5.92 Å². The number of ketones is 1. The fourth-order valence-electron chi connectivity index (χ4n) is 5.97. The van der Waals surface area contributed by atoms with E-state index in [1.165, 1.54) is 7.11 Å². The molecule has 8 heteroatoms. The second kappa shape index (κ2) is 12.5. The molecule has 3 unspecified atom stereocenters. The van der Waals surface area contributed by atoms with Crippen molar-refractivity contribution in [2.75, 3.05) is 27.9 Å². The minimum Gasteiger partial charge on any atom is -0.504 e. The molecule has 0 spiro atoms. The van der Waals surface area contributed by atoms with E-state index < -0.39 is 17.8 Å². The number of hydrogen-bond acceptors (Lipinski definition) is 8. The van der Waals surface area contributed by atoms with Crippen molar-refractivity contribution in [1.29, 1.82) is 0 Å². The third-order valence-corrected chi connectivity index (χ3v) is 8.06. The van der Waals surface area contributed by atoms with Gasteiger partial charge in [-0.25, -0.2) is 0 Å². The van der Waals surface area contributed by atoms with Crippen molar-refractivity contribution < 1.29 is 33.6 Å². The summed E-state index contributed by atoms with van der Waals surface area (Å²) < 4.78 is 21.9. The van der Waals surface area contributed by atoms with Gasteiger partial charge in [-0.15, -0.1) is 0 Å². The Labute approximate surface area is 245 Å². The smallest absolute Gasteiger partial charge is 0.315 e. The molecule has 5 rings (SSSR count). The lowest BCUT2D eigenvalue weighted by molar-refractivity contribution is -0.146. The fraction of sp³-hybridized carbons (Fsp3) is 0.324. The lowest BCUT2D eigenvalue weighted by atomic mass is 9.69. The van der Waals surface area contributed by atoms with Crippen LogP contribution in [0.5, 0.6) is 23.0 Å². The molecule has 1 aliphatic heterocycles. The molecule has 8 nitrogen and oxygen atoms in total. The van der Waals surface area contributed by atoms with E-state index in [0.717, 1.165) is 11.1 Å². The molecule has 0 saturated carbocycles. The number of Topliss-reactive ketones (excluding diaryl/α,β-unsaturated/α-hetero) is 1. The number of benzene rings is 3. The zero-order valence-corrected chi connectivity index (χ0v) is 24.3. The number of hydrogen-bond donors (Lipinski definition) is 1. The van der Waals surface area contributed by atoms with Crippen LogP contribution in [0.3, 0.4) is 0 Å². The van der Waals surface area contributed by atoms with Crippen molar-refractivity contribution in [2.24, 2.45) is 10.9 Å². The molecule has 0 aromatic heterocycles. The minimum atomic E-state index is -0.811. The summed E-state index contributed by atoms with van der Waals surface area (Å²) in [5.74, 6) is -0.681. The lowest BCUT2D eigenvalue weighted by Gasteiger charge is -2.36. The Kier molecular flexibility index (Phi) is 8.61. The molecular formula is C34H35NO7. The van der Waals surface area contributed by atoms with Crippen LogP contribution in [0.1, 0.15) is 48.3 Å². The van der Waals surface area contributed by atoms with Crippen LogP contribution < -0.4 is 14.2 Å². The number of carbonyl (C=O) groups is 2. The normalized spacial score (nSPS) is 20.0. The first kappa shape index (κ1) is 28.9. The molecule has 0 saturated heterocycles. The first-order valence-electron chi connectivity index (χ1n) is 13.9. The number of rotatable bonds is 9. The minimum absolute atomic E-state index is 0.0695. The largest absolute Gasteiger partial charge is 0.504 e. The van der Waals surface area contributed by atoms with Gasteiger partial charge in [0.15, 0.2) is 28.8 Å². The molecule has 218 valence electrons. The topological polar surface area (TPSA) is 104 Å². The molecule has 42 heavy (non-hydrogen) atoms. The highest BCUT2D eigenvalue weighted by molar-refractivity contribution is 6.09. The molecular weight excluding hydrogens is 534 g/mol. The fourth-order valence-corrected chi connectivity index (χ4v) is 5.97. The Morgan fingerprint density at radius 2 is 1.57 bits per heavy atom. The molecule has 3 aromatic carbocycles. The molecule has 1 aliphatic carbocycles. The van der Waals surface area contributed by atoms with Crippen molar-refractivity contribution in [1.82, 2.24) is 0 Å². The Hall–Kier alpha value is -4.59. The second-order valence-corrected chi connectivity index (χ2v) is 10.5. The van der Waals surface area contributed by atoms with E-state index in [2.05, 4.69) is 0 Å². The van der Waals surface area contributed by atoms with Crippen LogP contribution in [0.15, 0.2) is 83.0 Å². The van der Waals surface area contributed by atoms with E-state index in [4.69, 9.17) is 23.9 Å². The molecule has 1 N–H and O–H groups in total. The molecule has 0 radical (unpaired) electrons. The summed E-state index contributed by atoms with van der Waals surface area (Å²) in [5.41, 5.74) is 4.34. The van der Waals surface area contributed by atoms with E-state index in [9.17, 15) is 14.7 Å². The van der Waals surface area contributed by atoms with Crippen molar-refractivity contribution >= 4 is 17.5 Å². The summed E-state index contributed by atoms with van der Waals surface area (Å²) in [7, 11) is 4.63. The summed E-state index contributed by atoms with van der Waals surface area (Å²) in [5, 5.41) is 10.6. The Morgan fingerprint density at radius 1 is 0.881 bits per heavy atom. The Balaban J connectivity index is 1.49. The van der Waals surface area contributed by atoms with Gasteiger partial charge in [-0.3, -0.25) is 14.6 Å². The van der Waals surface area contributed by atoms with Gasteiger partial charge in [0.2, 0.25) is 0 Å². The first-order chi connectivity index (χ1) is 20.3. The lowest BCUT2D eigenvalue weighted by Crippen LogP contribution is -2.38. The number of allylic oxidation sites excluding steroid dienone is 2. The monoisotopic (exact) mass is 569 g/mol. The molecule has 3 aromatic rings. The molecule has 0 fully saturated rings. The van der Waals surface area contributed by atoms with Crippen LogP contribution in [-0.4, -0.2) is 50.5 Å². The third kappa shape index (κ3) is 5.75. The van der Waals surface area contributed by atoms with Crippen LogP contribution in [-0.2, 0) is 20.7 Å². The number of phenolic OH excluding ortho intramolecular Hbond substituents is 1. The standard InChI is InChI=1S/C34H35NO7/c1-20-31(34(38)42-15-14-21-8-6-5-7-9-21)32(23-11-12-28(39-2)26(36)17-23)33-25(35-20)16-24(18-27(33)37)22-10-13-29(40-3)30(19-22)41-4/h5-13,17,19,24,31-32,36H,14-16,18H2,1-4H3. The average molecular weight is 570 g/mol. The number of nitrogens with zero attached hydrogens (tertiary/aromatic N) is 1. The van der Waals surface area contributed by atoms with Crippen molar-refractivity contribution in [3.8, 4) is 23.0 Å². The number of phenols is 1. The predicted octanol–water partition coefficient (Wildman–Crippen LogP) is 5.78. The number of methoxy groups -OCH3 is 3. The number of aliphatic imine (C=N–C) groups is 1. The quantitative estimate of drug-likeness (QED) is 0.326. The highest BCUT2D eigenvalue weighted by atomic mass is 16.5. The van der Waals surface area contributed by atoms with E-state index in [-0.39, 0.29) is 30.5 Å². The summed E-state index contributed by atoms with van der Waals surface area (Å²) in [6, 6.07) is 20.4. The maximum Gasteiger partial charge on any atom is 0.315 e. The van der Waals surface area contributed by atoms with E-state index in [1.54, 1.807) is 39.3 Å². The predicted molar refractivity (Wildman–Crippen MR) is 159 cm³/mol. The van der Waals surface area contributed by atoms with Gasteiger partial charge in [0.05, 0.1) is 27.9 Å².